The zero-order valence-electron chi connectivity index (χ0n) is 14.7. The van der Waals surface area contributed by atoms with Crippen molar-refractivity contribution in [3.63, 3.8) is 0 Å². The fourth-order valence-electron chi connectivity index (χ4n) is 2.32. The number of rotatable bonds is 7. The largest absolute Gasteiger partial charge is 0.493 e. The number of primary amides is 1. The van der Waals surface area contributed by atoms with Crippen LogP contribution in [0.5, 0.6) is 5.75 Å². The number of anilines is 1. The van der Waals surface area contributed by atoms with Crippen LogP contribution in [-0.4, -0.2) is 41.3 Å². The normalized spacial score (nSPS) is 10.3. The second-order valence-electron chi connectivity index (χ2n) is 5.48. The molecule has 0 saturated heterocycles. The SMILES string of the molecule is COc1cn(-c2ccccc2)nc1C(=O)OCC(=O)Nc1sccc1C(N)=O. The number of amides is 2. The third-order valence-electron chi connectivity index (χ3n) is 3.63. The van der Waals surface area contributed by atoms with Crippen LogP contribution in [0.15, 0.2) is 48.0 Å². The van der Waals surface area contributed by atoms with E-state index in [0.717, 1.165) is 17.0 Å². The number of esters is 1. The lowest BCUT2D eigenvalue weighted by molar-refractivity contribution is -0.119. The van der Waals surface area contributed by atoms with Crippen LogP contribution in [0.2, 0.25) is 0 Å². The molecule has 0 aliphatic carbocycles. The topological polar surface area (TPSA) is 126 Å². The van der Waals surface area contributed by atoms with E-state index in [9.17, 15) is 14.4 Å². The number of methoxy groups -OCH3 is 1. The fourth-order valence-corrected chi connectivity index (χ4v) is 3.13. The monoisotopic (exact) mass is 400 g/mol. The number of benzene rings is 1. The number of para-hydroxylation sites is 1. The highest BCUT2D eigenvalue weighted by atomic mass is 32.1. The minimum absolute atomic E-state index is 0.0619. The lowest BCUT2D eigenvalue weighted by atomic mass is 10.3. The summed E-state index contributed by atoms with van der Waals surface area (Å²) in [5.74, 6) is -1.88. The second kappa shape index (κ2) is 8.35. The molecular weight excluding hydrogens is 384 g/mol. The quantitative estimate of drug-likeness (QED) is 0.583. The number of aromatic nitrogens is 2. The van der Waals surface area contributed by atoms with Gasteiger partial charge in [-0.1, -0.05) is 18.2 Å². The molecule has 0 fully saturated rings. The molecule has 144 valence electrons. The average molecular weight is 400 g/mol. The summed E-state index contributed by atoms with van der Waals surface area (Å²) in [5, 5.41) is 8.56. The van der Waals surface area contributed by atoms with Gasteiger partial charge in [0.1, 0.15) is 5.00 Å². The third-order valence-corrected chi connectivity index (χ3v) is 4.46. The second-order valence-corrected chi connectivity index (χ2v) is 6.39. The Balaban J connectivity index is 1.66. The van der Waals surface area contributed by atoms with E-state index in [1.165, 1.54) is 24.1 Å². The molecule has 9 nitrogen and oxygen atoms in total. The molecule has 3 rings (SSSR count). The van der Waals surface area contributed by atoms with Gasteiger partial charge in [-0.25, -0.2) is 9.48 Å². The van der Waals surface area contributed by atoms with E-state index < -0.39 is 24.4 Å². The van der Waals surface area contributed by atoms with Crippen molar-refractivity contribution in [1.82, 2.24) is 9.78 Å². The van der Waals surface area contributed by atoms with Crippen molar-refractivity contribution in [3.05, 3.63) is 59.2 Å². The highest BCUT2D eigenvalue weighted by Gasteiger charge is 2.21. The maximum Gasteiger partial charge on any atom is 0.363 e. The van der Waals surface area contributed by atoms with Crippen molar-refractivity contribution in [2.75, 3.05) is 19.0 Å². The summed E-state index contributed by atoms with van der Waals surface area (Å²) in [5.41, 5.74) is 6.08. The zero-order chi connectivity index (χ0) is 20.1. The molecule has 3 aromatic rings. The number of nitrogens with zero attached hydrogens (tertiary/aromatic N) is 2. The van der Waals surface area contributed by atoms with Crippen LogP contribution in [-0.2, 0) is 9.53 Å². The lowest BCUT2D eigenvalue weighted by Gasteiger charge is -2.06. The van der Waals surface area contributed by atoms with Gasteiger partial charge in [0.25, 0.3) is 11.8 Å². The molecule has 0 atom stereocenters. The smallest absolute Gasteiger partial charge is 0.363 e. The highest BCUT2D eigenvalue weighted by Crippen LogP contribution is 2.23. The van der Waals surface area contributed by atoms with E-state index in [-0.39, 0.29) is 17.0 Å². The maximum atomic E-state index is 12.3. The molecule has 2 aromatic heterocycles. The molecule has 2 heterocycles. The van der Waals surface area contributed by atoms with Crippen LogP contribution in [0.4, 0.5) is 5.00 Å². The molecule has 0 spiro atoms. The molecule has 0 aliphatic heterocycles. The first-order valence-corrected chi connectivity index (χ1v) is 8.91. The minimum Gasteiger partial charge on any atom is -0.493 e. The number of nitrogens with one attached hydrogen (secondary N) is 1. The van der Waals surface area contributed by atoms with Gasteiger partial charge in [0, 0.05) is 0 Å². The lowest BCUT2D eigenvalue weighted by Crippen LogP contribution is -2.22. The first-order chi connectivity index (χ1) is 13.5. The highest BCUT2D eigenvalue weighted by molar-refractivity contribution is 7.14. The summed E-state index contributed by atoms with van der Waals surface area (Å²) < 4.78 is 11.7. The van der Waals surface area contributed by atoms with Crippen LogP contribution in [0.25, 0.3) is 5.69 Å². The van der Waals surface area contributed by atoms with Gasteiger partial charge in [0.2, 0.25) is 5.69 Å². The molecule has 0 saturated carbocycles. The van der Waals surface area contributed by atoms with E-state index in [4.69, 9.17) is 15.2 Å². The van der Waals surface area contributed by atoms with Gasteiger partial charge >= 0.3 is 5.97 Å². The molecule has 0 radical (unpaired) electrons. The fraction of sp³-hybridized carbons (Fsp3) is 0.111. The molecule has 0 bridgehead atoms. The van der Waals surface area contributed by atoms with Gasteiger partial charge in [-0.2, -0.15) is 5.10 Å². The molecule has 2 amide bonds. The van der Waals surface area contributed by atoms with E-state index >= 15 is 0 Å². The van der Waals surface area contributed by atoms with Crippen molar-refractivity contribution >= 4 is 34.1 Å². The number of hydrogen-bond donors (Lipinski definition) is 2. The van der Waals surface area contributed by atoms with Crippen molar-refractivity contribution in [2.24, 2.45) is 5.73 Å². The number of carbonyl (C=O) groups excluding carboxylic acids is 3. The third kappa shape index (κ3) is 4.18. The van der Waals surface area contributed by atoms with Crippen molar-refractivity contribution in [2.45, 2.75) is 0 Å². The Hall–Kier alpha value is -3.66. The van der Waals surface area contributed by atoms with Gasteiger partial charge in [-0.3, -0.25) is 9.59 Å². The van der Waals surface area contributed by atoms with Crippen LogP contribution in [0.1, 0.15) is 20.8 Å². The van der Waals surface area contributed by atoms with Crippen LogP contribution >= 0.6 is 11.3 Å². The van der Waals surface area contributed by atoms with Crippen molar-refractivity contribution < 1.29 is 23.9 Å². The number of hydrogen-bond acceptors (Lipinski definition) is 7. The number of ether oxygens (including phenoxy) is 2. The first-order valence-electron chi connectivity index (χ1n) is 8.03. The van der Waals surface area contributed by atoms with E-state index in [1.54, 1.807) is 5.38 Å². The zero-order valence-corrected chi connectivity index (χ0v) is 15.6. The van der Waals surface area contributed by atoms with E-state index in [2.05, 4.69) is 10.4 Å². The summed E-state index contributed by atoms with van der Waals surface area (Å²) in [7, 11) is 1.40. The number of thiophene rings is 1. The first kappa shape index (κ1) is 19.1. The van der Waals surface area contributed by atoms with Crippen LogP contribution in [0.3, 0.4) is 0 Å². The Morgan fingerprint density at radius 3 is 2.64 bits per heavy atom. The van der Waals surface area contributed by atoms with E-state index in [1.807, 2.05) is 30.3 Å². The summed E-state index contributed by atoms with van der Waals surface area (Å²) in [6.45, 7) is -0.559. The molecule has 3 N–H and O–H groups in total. The van der Waals surface area contributed by atoms with Gasteiger partial charge in [0.15, 0.2) is 12.4 Å². The minimum atomic E-state index is -0.817. The molecule has 0 unspecified atom stereocenters. The van der Waals surface area contributed by atoms with Crippen molar-refractivity contribution in [3.8, 4) is 11.4 Å². The molecular formula is C18H16N4O5S. The predicted octanol–water partition coefficient (Wildman–Crippen LogP) is 1.84. The average Bonchev–Trinajstić information content (AvgIpc) is 3.33. The Bertz CT molecular complexity index is 1010. The maximum absolute atomic E-state index is 12.3. The number of carbonyl (C=O) groups is 3. The Morgan fingerprint density at radius 2 is 1.96 bits per heavy atom. The van der Waals surface area contributed by atoms with Gasteiger partial charge in [0.05, 0.1) is 24.6 Å². The van der Waals surface area contributed by atoms with Gasteiger partial charge in [-0.05, 0) is 23.6 Å². The van der Waals surface area contributed by atoms with Crippen LogP contribution < -0.4 is 15.8 Å². The standard InChI is InChI=1S/C18H16N4O5S/c1-26-13-9-22(11-5-3-2-4-6-11)21-15(13)18(25)27-10-14(23)20-17-12(16(19)24)7-8-28-17/h2-9H,10H2,1H3,(H2,19,24)(H,20,23). The molecule has 10 heteroatoms. The Morgan fingerprint density at radius 1 is 1.21 bits per heavy atom. The van der Waals surface area contributed by atoms with Gasteiger partial charge < -0.3 is 20.5 Å². The summed E-state index contributed by atoms with van der Waals surface area (Å²) in [4.78, 5) is 35.6. The molecule has 1 aromatic carbocycles. The molecule has 0 aliphatic rings. The summed E-state index contributed by atoms with van der Waals surface area (Å²) in [6.07, 6.45) is 1.54. The van der Waals surface area contributed by atoms with Crippen LogP contribution in [0, 0.1) is 0 Å². The molecule has 28 heavy (non-hydrogen) atoms. The van der Waals surface area contributed by atoms with Crippen molar-refractivity contribution in [1.29, 1.82) is 0 Å². The van der Waals surface area contributed by atoms with E-state index in [0.29, 0.717) is 5.00 Å². The summed E-state index contributed by atoms with van der Waals surface area (Å²) >= 11 is 1.13. The Labute approximate surface area is 163 Å². The summed E-state index contributed by atoms with van der Waals surface area (Å²) in [6, 6.07) is 10.6. The Kier molecular flexibility index (Phi) is 5.70. The van der Waals surface area contributed by atoms with Gasteiger partial charge in [-0.15, -0.1) is 11.3 Å². The number of nitrogens with two attached hydrogens (primary N) is 1. The predicted molar refractivity (Wildman–Crippen MR) is 102 cm³/mol.